The highest BCUT2D eigenvalue weighted by Gasteiger charge is 2.18. The Bertz CT molecular complexity index is 1560. The predicted molar refractivity (Wildman–Crippen MR) is 153 cm³/mol. The number of carbonyl (C=O) groups is 1. The van der Waals surface area contributed by atoms with Crippen LogP contribution in [0.5, 0.6) is 0 Å². The van der Waals surface area contributed by atoms with E-state index in [4.69, 9.17) is 0 Å². The summed E-state index contributed by atoms with van der Waals surface area (Å²) < 4.78 is 28.4. The standard InChI is InChI=1S/C31H31N3O3S/c1-22-9-10-23(2)29(20-22)33-38(36,37)28-17-15-27(16-18-28)32-31(35)26-13-11-24(12-14-26)21-34-19-5-7-25-6-3-4-8-30(25)34/h3-4,6,8-18,20,33H,5,7,19,21H2,1-2H3,(H,32,35). The van der Waals surface area contributed by atoms with Gasteiger partial charge in [-0.1, -0.05) is 42.5 Å². The third-order valence-electron chi connectivity index (χ3n) is 6.86. The second-order valence-electron chi connectivity index (χ2n) is 9.75. The topological polar surface area (TPSA) is 78.5 Å². The van der Waals surface area contributed by atoms with Crippen molar-refractivity contribution < 1.29 is 13.2 Å². The molecule has 0 fully saturated rings. The number of benzene rings is 4. The fourth-order valence-electron chi connectivity index (χ4n) is 4.73. The van der Waals surface area contributed by atoms with Gasteiger partial charge in [0.25, 0.3) is 15.9 Å². The van der Waals surface area contributed by atoms with Crippen molar-refractivity contribution in [3.05, 3.63) is 119 Å². The van der Waals surface area contributed by atoms with Gasteiger partial charge in [0.05, 0.1) is 10.6 Å². The maximum Gasteiger partial charge on any atom is 0.261 e. The molecule has 2 N–H and O–H groups in total. The molecule has 0 bridgehead atoms. The predicted octanol–water partition coefficient (Wildman–Crippen LogP) is 6.31. The van der Waals surface area contributed by atoms with Crippen LogP contribution in [0.3, 0.4) is 0 Å². The molecule has 1 aliphatic rings. The zero-order valence-electron chi connectivity index (χ0n) is 21.6. The van der Waals surface area contributed by atoms with Gasteiger partial charge in [0, 0.05) is 30.0 Å². The smallest absolute Gasteiger partial charge is 0.261 e. The molecule has 7 heteroatoms. The Hall–Kier alpha value is -4.10. The first-order valence-corrected chi connectivity index (χ1v) is 14.2. The summed E-state index contributed by atoms with van der Waals surface area (Å²) >= 11 is 0. The van der Waals surface area contributed by atoms with Crippen molar-refractivity contribution in [2.75, 3.05) is 21.5 Å². The van der Waals surface area contributed by atoms with Gasteiger partial charge in [0.15, 0.2) is 0 Å². The molecule has 38 heavy (non-hydrogen) atoms. The molecule has 1 aliphatic heterocycles. The molecule has 0 spiro atoms. The second-order valence-corrected chi connectivity index (χ2v) is 11.4. The summed E-state index contributed by atoms with van der Waals surface area (Å²) in [5.41, 5.74) is 7.24. The van der Waals surface area contributed by atoms with Crippen LogP contribution in [0.1, 0.15) is 39.0 Å². The van der Waals surface area contributed by atoms with Crippen LogP contribution >= 0.6 is 0 Å². The Morgan fingerprint density at radius 2 is 1.63 bits per heavy atom. The number of fused-ring (bicyclic) bond motifs is 1. The van der Waals surface area contributed by atoms with Crippen LogP contribution in [0.2, 0.25) is 0 Å². The third-order valence-corrected chi connectivity index (χ3v) is 8.24. The molecular formula is C31H31N3O3S. The van der Waals surface area contributed by atoms with Crippen molar-refractivity contribution in [3.8, 4) is 0 Å². The van der Waals surface area contributed by atoms with Crippen molar-refractivity contribution >= 4 is 33.0 Å². The Morgan fingerprint density at radius 3 is 2.39 bits per heavy atom. The van der Waals surface area contributed by atoms with Gasteiger partial charge in [-0.25, -0.2) is 8.42 Å². The van der Waals surface area contributed by atoms with Gasteiger partial charge in [-0.3, -0.25) is 9.52 Å². The molecule has 4 aromatic carbocycles. The Balaban J connectivity index is 1.22. The van der Waals surface area contributed by atoms with Crippen molar-refractivity contribution in [3.63, 3.8) is 0 Å². The average Bonchev–Trinajstić information content (AvgIpc) is 2.91. The van der Waals surface area contributed by atoms with E-state index in [9.17, 15) is 13.2 Å². The van der Waals surface area contributed by atoms with Crippen LogP contribution in [0.15, 0.2) is 95.9 Å². The van der Waals surface area contributed by atoms with Gasteiger partial charge in [-0.05, 0) is 97.5 Å². The Kier molecular flexibility index (Phi) is 7.20. The number of aryl methyl sites for hydroxylation is 3. The lowest BCUT2D eigenvalue weighted by Crippen LogP contribution is -2.28. The van der Waals surface area contributed by atoms with E-state index in [1.165, 1.54) is 23.4 Å². The molecule has 0 unspecified atom stereocenters. The zero-order chi connectivity index (χ0) is 26.7. The lowest BCUT2D eigenvalue weighted by molar-refractivity contribution is 0.102. The molecule has 0 aliphatic carbocycles. The van der Waals surface area contributed by atoms with Crippen LogP contribution in [-0.4, -0.2) is 20.9 Å². The first-order valence-electron chi connectivity index (χ1n) is 12.7. The zero-order valence-corrected chi connectivity index (χ0v) is 22.4. The van der Waals surface area contributed by atoms with Crippen molar-refractivity contribution in [1.29, 1.82) is 0 Å². The first-order chi connectivity index (χ1) is 18.3. The summed E-state index contributed by atoms with van der Waals surface area (Å²) in [7, 11) is -3.75. The minimum absolute atomic E-state index is 0.125. The lowest BCUT2D eigenvalue weighted by atomic mass is 10.0. The number of para-hydroxylation sites is 1. The molecule has 4 aromatic rings. The van der Waals surface area contributed by atoms with Gasteiger partial charge in [0.2, 0.25) is 0 Å². The largest absolute Gasteiger partial charge is 0.367 e. The Labute approximate surface area is 224 Å². The maximum atomic E-state index is 12.9. The van der Waals surface area contributed by atoms with Crippen LogP contribution < -0.4 is 14.9 Å². The molecule has 1 heterocycles. The highest BCUT2D eigenvalue weighted by molar-refractivity contribution is 7.92. The van der Waals surface area contributed by atoms with E-state index in [1.807, 2.05) is 50.2 Å². The fourth-order valence-corrected chi connectivity index (χ4v) is 5.85. The van der Waals surface area contributed by atoms with Crippen LogP contribution in [0, 0.1) is 13.8 Å². The summed E-state index contributed by atoms with van der Waals surface area (Å²) in [6.45, 7) is 5.58. The van der Waals surface area contributed by atoms with E-state index < -0.39 is 10.0 Å². The minimum atomic E-state index is -3.75. The molecule has 0 radical (unpaired) electrons. The number of anilines is 3. The summed E-state index contributed by atoms with van der Waals surface area (Å²) in [6, 6.07) is 27.9. The van der Waals surface area contributed by atoms with E-state index in [-0.39, 0.29) is 10.8 Å². The Morgan fingerprint density at radius 1 is 0.895 bits per heavy atom. The van der Waals surface area contributed by atoms with E-state index in [0.717, 1.165) is 42.6 Å². The van der Waals surface area contributed by atoms with Crippen molar-refractivity contribution in [2.24, 2.45) is 0 Å². The molecular weight excluding hydrogens is 494 g/mol. The van der Waals surface area contributed by atoms with Gasteiger partial charge in [-0.15, -0.1) is 0 Å². The van der Waals surface area contributed by atoms with E-state index >= 15 is 0 Å². The minimum Gasteiger partial charge on any atom is -0.367 e. The highest BCUT2D eigenvalue weighted by Crippen LogP contribution is 2.28. The number of carbonyl (C=O) groups excluding carboxylic acids is 1. The van der Waals surface area contributed by atoms with Crippen LogP contribution in [0.4, 0.5) is 17.1 Å². The second kappa shape index (κ2) is 10.7. The maximum absolute atomic E-state index is 12.9. The first kappa shape index (κ1) is 25.5. The number of nitrogens with one attached hydrogen (secondary N) is 2. The summed E-state index contributed by atoms with van der Waals surface area (Å²) in [5, 5.41) is 2.85. The summed E-state index contributed by atoms with van der Waals surface area (Å²) in [4.78, 5) is 15.3. The number of amides is 1. The van der Waals surface area contributed by atoms with Gasteiger partial charge in [0.1, 0.15) is 0 Å². The third kappa shape index (κ3) is 5.73. The molecule has 5 rings (SSSR count). The quantitative estimate of drug-likeness (QED) is 0.296. The van der Waals surface area contributed by atoms with Gasteiger partial charge >= 0.3 is 0 Å². The number of hydrogen-bond acceptors (Lipinski definition) is 4. The van der Waals surface area contributed by atoms with Crippen molar-refractivity contribution in [2.45, 2.75) is 38.1 Å². The molecule has 0 saturated heterocycles. The SMILES string of the molecule is Cc1ccc(C)c(NS(=O)(=O)c2ccc(NC(=O)c3ccc(CN4CCCc5ccccc54)cc3)cc2)c1. The number of sulfonamides is 1. The van der Waals surface area contributed by atoms with E-state index in [1.54, 1.807) is 18.2 Å². The van der Waals surface area contributed by atoms with Crippen LogP contribution in [0.25, 0.3) is 0 Å². The summed E-state index contributed by atoms with van der Waals surface area (Å²) in [5.74, 6) is -0.246. The van der Waals surface area contributed by atoms with Gasteiger partial charge in [-0.2, -0.15) is 0 Å². The molecule has 0 atom stereocenters. The van der Waals surface area contributed by atoms with Crippen LogP contribution in [-0.2, 0) is 23.0 Å². The summed E-state index contributed by atoms with van der Waals surface area (Å²) in [6.07, 6.45) is 2.25. The number of hydrogen-bond donors (Lipinski definition) is 2. The normalized spacial score (nSPS) is 13.1. The lowest BCUT2D eigenvalue weighted by Gasteiger charge is -2.31. The highest BCUT2D eigenvalue weighted by atomic mass is 32.2. The molecule has 1 amide bonds. The molecule has 0 aromatic heterocycles. The number of rotatable bonds is 7. The fraction of sp³-hybridized carbons (Fsp3) is 0.194. The van der Waals surface area contributed by atoms with Crippen molar-refractivity contribution in [1.82, 2.24) is 0 Å². The van der Waals surface area contributed by atoms with E-state index in [0.29, 0.717) is 16.9 Å². The molecule has 6 nitrogen and oxygen atoms in total. The van der Waals surface area contributed by atoms with E-state index in [2.05, 4.69) is 39.2 Å². The monoisotopic (exact) mass is 525 g/mol. The average molecular weight is 526 g/mol. The molecule has 0 saturated carbocycles. The number of nitrogens with zero attached hydrogens (tertiary/aromatic N) is 1. The van der Waals surface area contributed by atoms with Gasteiger partial charge < -0.3 is 10.2 Å². The molecule has 194 valence electrons.